The SMILES string of the molecule is COCCNc1nc(Nc2cccc3c2cnn3C(C)(C)C#N)ncc1C(F)(F)F. The van der Waals surface area contributed by atoms with Crippen molar-refractivity contribution in [2.75, 3.05) is 30.9 Å². The van der Waals surface area contributed by atoms with E-state index in [9.17, 15) is 18.4 Å². The van der Waals surface area contributed by atoms with E-state index in [-0.39, 0.29) is 24.9 Å². The number of ether oxygens (including phenoxy) is 1. The van der Waals surface area contributed by atoms with Crippen molar-refractivity contribution in [3.63, 3.8) is 0 Å². The molecule has 2 aromatic heterocycles. The fourth-order valence-corrected chi connectivity index (χ4v) is 2.83. The van der Waals surface area contributed by atoms with Crippen LogP contribution in [-0.2, 0) is 16.5 Å². The number of methoxy groups -OCH3 is 1. The molecule has 0 radical (unpaired) electrons. The Kier molecular flexibility index (Phi) is 5.80. The van der Waals surface area contributed by atoms with Crippen LogP contribution in [0, 0.1) is 11.3 Å². The summed E-state index contributed by atoms with van der Waals surface area (Å²) < 4.78 is 46.2. The number of alkyl halides is 3. The minimum atomic E-state index is -4.60. The van der Waals surface area contributed by atoms with Crippen LogP contribution in [0.15, 0.2) is 30.6 Å². The number of anilines is 3. The van der Waals surface area contributed by atoms with Crippen molar-refractivity contribution in [3.05, 3.63) is 36.2 Å². The number of hydrogen-bond acceptors (Lipinski definition) is 7. The number of nitriles is 1. The van der Waals surface area contributed by atoms with Crippen LogP contribution in [0.25, 0.3) is 10.9 Å². The largest absolute Gasteiger partial charge is 0.421 e. The first-order valence-corrected chi connectivity index (χ1v) is 9.00. The number of aromatic nitrogens is 4. The maximum atomic E-state index is 13.3. The zero-order valence-electron chi connectivity index (χ0n) is 16.6. The summed E-state index contributed by atoms with van der Waals surface area (Å²) in [6, 6.07) is 7.47. The van der Waals surface area contributed by atoms with Crippen LogP contribution in [0.1, 0.15) is 19.4 Å². The summed E-state index contributed by atoms with van der Waals surface area (Å²) in [5.74, 6) is -0.353. The van der Waals surface area contributed by atoms with Crippen LogP contribution < -0.4 is 10.6 Å². The Morgan fingerprint density at radius 3 is 2.67 bits per heavy atom. The summed E-state index contributed by atoms with van der Waals surface area (Å²) in [5.41, 5.74) is -0.595. The summed E-state index contributed by atoms with van der Waals surface area (Å²) in [6.07, 6.45) is -2.29. The molecular weight excluding hydrogens is 399 g/mol. The smallest absolute Gasteiger partial charge is 0.383 e. The molecule has 0 fully saturated rings. The molecule has 3 rings (SSSR count). The molecule has 11 heteroatoms. The van der Waals surface area contributed by atoms with Gasteiger partial charge in [0.15, 0.2) is 0 Å². The third-order valence-electron chi connectivity index (χ3n) is 4.36. The van der Waals surface area contributed by atoms with Gasteiger partial charge in [0.05, 0.1) is 30.1 Å². The lowest BCUT2D eigenvalue weighted by molar-refractivity contribution is -0.137. The predicted octanol–water partition coefficient (Wildman–Crippen LogP) is 3.91. The third kappa shape index (κ3) is 4.28. The Hall–Kier alpha value is -3.39. The van der Waals surface area contributed by atoms with Crippen LogP contribution in [-0.4, -0.2) is 40.0 Å². The lowest BCUT2D eigenvalue weighted by atomic mass is 10.1. The summed E-state index contributed by atoms with van der Waals surface area (Å²) in [6.45, 7) is 3.84. The standard InChI is InChI=1S/C19H20F3N7O/c1-18(2,11-23)29-15-6-4-5-14(12(15)9-26-29)27-17-25-10-13(19(20,21)22)16(28-17)24-7-8-30-3/h4-6,9-10H,7-8H2,1-3H3,(H2,24,25,27,28). The predicted molar refractivity (Wildman–Crippen MR) is 105 cm³/mol. The van der Waals surface area contributed by atoms with E-state index in [1.807, 2.05) is 0 Å². The number of benzene rings is 1. The molecule has 2 heterocycles. The summed E-state index contributed by atoms with van der Waals surface area (Å²) >= 11 is 0. The van der Waals surface area contributed by atoms with Gasteiger partial charge >= 0.3 is 6.18 Å². The molecule has 0 aliphatic rings. The van der Waals surface area contributed by atoms with E-state index in [4.69, 9.17) is 4.74 Å². The Balaban J connectivity index is 1.97. The Labute approximate surface area is 170 Å². The van der Waals surface area contributed by atoms with Crippen molar-refractivity contribution in [1.82, 2.24) is 19.7 Å². The molecule has 0 aliphatic heterocycles. The van der Waals surface area contributed by atoms with Crippen molar-refractivity contribution < 1.29 is 17.9 Å². The fraction of sp³-hybridized carbons (Fsp3) is 0.368. The number of nitrogens with one attached hydrogen (secondary N) is 2. The maximum Gasteiger partial charge on any atom is 0.421 e. The lowest BCUT2D eigenvalue weighted by Crippen LogP contribution is -2.24. The van der Waals surface area contributed by atoms with Gasteiger partial charge in [0.2, 0.25) is 5.95 Å². The zero-order chi connectivity index (χ0) is 21.9. The quantitative estimate of drug-likeness (QED) is 0.560. The van der Waals surface area contributed by atoms with Gasteiger partial charge < -0.3 is 15.4 Å². The molecule has 0 atom stereocenters. The van der Waals surface area contributed by atoms with Crippen LogP contribution in [0.2, 0.25) is 0 Å². The van der Waals surface area contributed by atoms with Gasteiger partial charge in [-0.3, -0.25) is 0 Å². The first-order valence-electron chi connectivity index (χ1n) is 9.00. The van der Waals surface area contributed by atoms with E-state index in [0.29, 0.717) is 16.6 Å². The lowest BCUT2D eigenvalue weighted by Gasteiger charge is -2.17. The monoisotopic (exact) mass is 419 g/mol. The highest BCUT2D eigenvalue weighted by Crippen LogP contribution is 2.34. The van der Waals surface area contributed by atoms with E-state index in [1.54, 1.807) is 42.9 Å². The molecule has 0 saturated heterocycles. The number of hydrogen-bond donors (Lipinski definition) is 2. The van der Waals surface area contributed by atoms with Crippen LogP contribution in [0.4, 0.5) is 30.6 Å². The van der Waals surface area contributed by atoms with Crippen molar-refractivity contribution in [3.8, 4) is 6.07 Å². The molecule has 3 aromatic rings. The van der Waals surface area contributed by atoms with Crippen molar-refractivity contribution in [1.29, 1.82) is 5.26 Å². The molecule has 0 amide bonds. The molecule has 0 unspecified atom stereocenters. The summed E-state index contributed by atoms with van der Waals surface area (Å²) in [7, 11) is 1.45. The number of halogens is 3. The second-order valence-electron chi connectivity index (χ2n) is 6.96. The van der Waals surface area contributed by atoms with E-state index in [2.05, 4.69) is 31.8 Å². The van der Waals surface area contributed by atoms with E-state index in [1.165, 1.54) is 7.11 Å². The molecule has 0 spiro atoms. The van der Waals surface area contributed by atoms with Crippen LogP contribution >= 0.6 is 0 Å². The first kappa shape index (κ1) is 21.3. The van der Waals surface area contributed by atoms with Gasteiger partial charge in [-0.1, -0.05) is 6.07 Å². The van der Waals surface area contributed by atoms with Crippen molar-refractivity contribution >= 4 is 28.4 Å². The number of nitrogens with zero attached hydrogens (tertiary/aromatic N) is 5. The normalized spacial score (nSPS) is 12.0. The van der Waals surface area contributed by atoms with Gasteiger partial charge in [0.25, 0.3) is 0 Å². The number of rotatable bonds is 7. The summed E-state index contributed by atoms with van der Waals surface area (Å²) in [5, 5.41) is 19.9. The third-order valence-corrected chi connectivity index (χ3v) is 4.36. The van der Waals surface area contributed by atoms with Crippen LogP contribution in [0.5, 0.6) is 0 Å². The molecule has 30 heavy (non-hydrogen) atoms. The van der Waals surface area contributed by atoms with Gasteiger partial charge in [-0.2, -0.15) is 28.5 Å². The van der Waals surface area contributed by atoms with Gasteiger partial charge in [-0.05, 0) is 26.0 Å². The Morgan fingerprint density at radius 2 is 2.00 bits per heavy atom. The Bertz CT molecular complexity index is 1090. The molecular formula is C19H20F3N7O. The average molecular weight is 419 g/mol. The topological polar surface area (TPSA) is 101 Å². The molecule has 8 nitrogen and oxygen atoms in total. The van der Waals surface area contributed by atoms with Crippen molar-refractivity contribution in [2.45, 2.75) is 25.6 Å². The molecule has 0 bridgehead atoms. The second-order valence-corrected chi connectivity index (χ2v) is 6.96. The van der Waals surface area contributed by atoms with Gasteiger partial charge in [0.1, 0.15) is 16.9 Å². The molecule has 158 valence electrons. The van der Waals surface area contributed by atoms with E-state index in [0.717, 1.165) is 6.20 Å². The number of fused-ring (bicyclic) bond motifs is 1. The highest BCUT2D eigenvalue weighted by molar-refractivity contribution is 5.93. The second kappa shape index (κ2) is 8.16. The maximum absolute atomic E-state index is 13.3. The van der Waals surface area contributed by atoms with E-state index >= 15 is 0 Å². The highest BCUT2D eigenvalue weighted by atomic mass is 19.4. The summed E-state index contributed by atoms with van der Waals surface area (Å²) in [4.78, 5) is 7.81. The molecule has 0 saturated carbocycles. The van der Waals surface area contributed by atoms with E-state index < -0.39 is 17.3 Å². The van der Waals surface area contributed by atoms with Gasteiger partial charge in [-0.15, -0.1) is 0 Å². The van der Waals surface area contributed by atoms with Gasteiger partial charge in [0, 0.05) is 25.2 Å². The van der Waals surface area contributed by atoms with Crippen molar-refractivity contribution in [2.24, 2.45) is 0 Å². The minimum absolute atomic E-state index is 0.0114. The molecule has 0 aliphatic carbocycles. The minimum Gasteiger partial charge on any atom is -0.383 e. The van der Waals surface area contributed by atoms with Crippen LogP contribution in [0.3, 0.4) is 0 Å². The molecule has 1 aromatic carbocycles. The fourth-order valence-electron chi connectivity index (χ4n) is 2.83. The highest BCUT2D eigenvalue weighted by Gasteiger charge is 2.35. The zero-order valence-corrected chi connectivity index (χ0v) is 16.6. The average Bonchev–Trinajstić information content (AvgIpc) is 3.13. The van der Waals surface area contributed by atoms with Gasteiger partial charge in [-0.25, -0.2) is 9.67 Å². The Morgan fingerprint density at radius 1 is 1.23 bits per heavy atom. The molecule has 2 N–H and O–H groups in total. The first-order chi connectivity index (χ1) is 14.2.